The summed E-state index contributed by atoms with van der Waals surface area (Å²) in [6, 6.07) is 2.52. The Morgan fingerprint density at radius 1 is 1.33 bits per heavy atom. The molecule has 2 aromatic rings. The Labute approximate surface area is 128 Å². The monoisotopic (exact) mass is 301 g/mol. The van der Waals surface area contributed by atoms with Crippen molar-refractivity contribution in [2.75, 3.05) is 13.1 Å². The van der Waals surface area contributed by atoms with Crippen LogP contribution in [0, 0.1) is 0 Å². The first kappa shape index (κ1) is 13.1. The van der Waals surface area contributed by atoms with Gasteiger partial charge in [0, 0.05) is 25.5 Å². The van der Waals surface area contributed by atoms with Gasteiger partial charge in [-0.25, -0.2) is 4.98 Å². The average molecular weight is 301 g/mol. The number of aromatic nitrogens is 2. The summed E-state index contributed by atoms with van der Waals surface area (Å²) in [5.41, 5.74) is 1.29. The van der Waals surface area contributed by atoms with Crippen LogP contribution in [0.5, 0.6) is 0 Å². The summed E-state index contributed by atoms with van der Waals surface area (Å²) in [4.78, 5) is 20.0. The van der Waals surface area contributed by atoms with Crippen molar-refractivity contribution < 1.29 is 4.79 Å². The predicted molar refractivity (Wildman–Crippen MR) is 82.7 cm³/mol. The van der Waals surface area contributed by atoms with E-state index in [-0.39, 0.29) is 5.91 Å². The molecule has 2 fully saturated rings. The van der Waals surface area contributed by atoms with Gasteiger partial charge in [0.15, 0.2) is 0 Å². The van der Waals surface area contributed by atoms with Crippen LogP contribution in [0.4, 0.5) is 0 Å². The molecule has 5 heteroatoms. The molecule has 1 atom stereocenters. The molecule has 1 amide bonds. The average Bonchev–Trinajstić information content (AvgIpc) is 3.05. The molecule has 0 bridgehead atoms. The number of rotatable bonds is 3. The SMILES string of the molecule is O=C(c1sccc1C1CC1)N1CCC[C@@H](n2ccnc2)C1. The van der Waals surface area contributed by atoms with Crippen molar-refractivity contribution >= 4 is 17.2 Å². The third-order valence-corrected chi connectivity index (χ3v) is 5.46. The summed E-state index contributed by atoms with van der Waals surface area (Å²) in [5, 5.41) is 2.07. The normalized spacial score (nSPS) is 22.5. The third-order valence-electron chi connectivity index (χ3n) is 4.54. The molecule has 1 saturated carbocycles. The Kier molecular flexibility index (Phi) is 3.30. The van der Waals surface area contributed by atoms with Crippen molar-refractivity contribution in [3.8, 4) is 0 Å². The maximum absolute atomic E-state index is 12.8. The number of imidazole rings is 1. The minimum Gasteiger partial charge on any atom is -0.336 e. The van der Waals surface area contributed by atoms with Crippen molar-refractivity contribution in [1.82, 2.24) is 14.5 Å². The van der Waals surface area contributed by atoms with Gasteiger partial charge in [-0.2, -0.15) is 0 Å². The van der Waals surface area contributed by atoms with E-state index in [0.29, 0.717) is 12.0 Å². The van der Waals surface area contributed by atoms with Crippen LogP contribution >= 0.6 is 11.3 Å². The highest BCUT2D eigenvalue weighted by atomic mass is 32.1. The summed E-state index contributed by atoms with van der Waals surface area (Å²) in [6.45, 7) is 1.68. The van der Waals surface area contributed by atoms with E-state index in [0.717, 1.165) is 30.8 Å². The summed E-state index contributed by atoms with van der Waals surface area (Å²) in [6.07, 6.45) is 10.4. The van der Waals surface area contributed by atoms with Crippen LogP contribution in [-0.4, -0.2) is 33.4 Å². The van der Waals surface area contributed by atoms with Gasteiger partial charge in [0.25, 0.3) is 5.91 Å². The van der Waals surface area contributed by atoms with Crippen molar-refractivity contribution in [3.05, 3.63) is 40.6 Å². The Morgan fingerprint density at radius 3 is 3.00 bits per heavy atom. The molecule has 0 aromatic carbocycles. The minimum absolute atomic E-state index is 0.233. The van der Waals surface area contributed by atoms with Crippen LogP contribution in [-0.2, 0) is 0 Å². The van der Waals surface area contributed by atoms with Crippen molar-refractivity contribution in [2.24, 2.45) is 0 Å². The topological polar surface area (TPSA) is 38.1 Å². The number of hydrogen-bond donors (Lipinski definition) is 0. The maximum Gasteiger partial charge on any atom is 0.264 e. The number of likely N-dealkylation sites (tertiary alicyclic amines) is 1. The van der Waals surface area contributed by atoms with Crippen LogP contribution in [0.25, 0.3) is 0 Å². The molecule has 21 heavy (non-hydrogen) atoms. The zero-order chi connectivity index (χ0) is 14.2. The van der Waals surface area contributed by atoms with Gasteiger partial charge in [-0.3, -0.25) is 4.79 Å². The summed E-state index contributed by atoms with van der Waals surface area (Å²) in [5.74, 6) is 0.876. The molecule has 2 aromatic heterocycles. The summed E-state index contributed by atoms with van der Waals surface area (Å²) < 4.78 is 2.13. The second-order valence-electron chi connectivity index (χ2n) is 6.04. The Bertz CT molecular complexity index is 630. The molecule has 0 spiro atoms. The first-order valence-corrected chi connectivity index (χ1v) is 8.55. The van der Waals surface area contributed by atoms with Crippen LogP contribution in [0.15, 0.2) is 30.2 Å². The Hall–Kier alpha value is -1.62. The van der Waals surface area contributed by atoms with Gasteiger partial charge in [-0.15, -0.1) is 11.3 Å². The van der Waals surface area contributed by atoms with Gasteiger partial charge in [0.2, 0.25) is 0 Å². The Balaban J connectivity index is 1.52. The number of hydrogen-bond acceptors (Lipinski definition) is 3. The van der Waals surface area contributed by atoms with Crippen LogP contribution < -0.4 is 0 Å². The molecule has 0 unspecified atom stereocenters. The lowest BCUT2D eigenvalue weighted by Crippen LogP contribution is -2.40. The minimum atomic E-state index is 0.233. The van der Waals surface area contributed by atoms with E-state index in [1.807, 2.05) is 23.6 Å². The van der Waals surface area contributed by atoms with Gasteiger partial charge in [0.05, 0.1) is 17.2 Å². The second-order valence-corrected chi connectivity index (χ2v) is 6.95. The fraction of sp³-hybridized carbons (Fsp3) is 0.500. The highest BCUT2D eigenvalue weighted by Gasteiger charge is 2.32. The smallest absolute Gasteiger partial charge is 0.264 e. The molecule has 1 saturated heterocycles. The first-order chi connectivity index (χ1) is 10.3. The standard InChI is InChI=1S/C16H19N3OS/c20-16(15-14(5-9-21-15)12-3-4-12)18-7-1-2-13(10-18)19-8-6-17-11-19/h5-6,8-9,11-13H,1-4,7,10H2/t13-/m1/s1. The number of piperidine rings is 1. The lowest BCUT2D eigenvalue weighted by atomic mass is 10.0. The fourth-order valence-corrected chi connectivity index (χ4v) is 4.17. The van der Waals surface area contributed by atoms with E-state index < -0.39 is 0 Å². The van der Waals surface area contributed by atoms with Crippen LogP contribution in [0.1, 0.15) is 52.9 Å². The van der Waals surface area contributed by atoms with E-state index in [1.54, 1.807) is 11.3 Å². The number of nitrogens with zero attached hydrogens (tertiary/aromatic N) is 3. The fourth-order valence-electron chi connectivity index (χ4n) is 3.22. The van der Waals surface area contributed by atoms with Gasteiger partial charge in [0.1, 0.15) is 0 Å². The summed E-state index contributed by atoms with van der Waals surface area (Å²) in [7, 11) is 0. The number of amides is 1. The molecule has 1 aliphatic heterocycles. The zero-order valence-corrected chi connectivity index (χ0v) is 12.8. The van der Waals surface area contributed by atoms with Crippen molar-refractivity contribution in [3.63, 3.8) is 0 Å². The number of carbonyl (C=O) groups is 1. The zero-order valence-electron chi connectivity index (χ0n) is 11.9. The van der Waals surface area contributed by atoms with Gasteiger partial charge in [-0.05, 0) is 48.6 Å². The molecule has 4 rings (SSSR count). The van der Waals surface area contributed by atoms with Crippen LogP contribution in [0.3, 0.4) is 0 Å². The molecule has 0 N–H and O–H groups in total. The first-order valence-electron chi connectivity index (χ1n) is 7.67. The van der Waals surface area contributed by atoms with Gasteiger partial charge < -0.3 is 9.47 Å². The van der Waals surface area contributed by atoms with Crippen LogP contribution in [0.2, 0.25) is 0 Å². The molecule has 2 aliphatic rings. The molecule has 3 heterocycles. The summed E-state index contributed by atoms with van der Waals surface area (Å²) >= 11 is 1.61. The van der Waals surface area contributed by atoms with Gasteiger partial charge in [-0.1, -0.05) is 0 Å². The predicted octanol–water partition coefficient (Wildman–Crippen LogP) is 3.30. The molecule has 1 aliphatic carbocycles. The van der Waals surface area contributed by atoms with E-state index >= 15 is 0 Å². The Morgan fingerprint density at radius 2 is 2.24 bits per heavy atom. The largest absolute Gasteiger partial charge is 0.336 e. The second kappa shape index (κ2) is 5.30. The van der Waals surface area contributed by atoms with E-state index in [1.165, 1.54) is 18.4 Å². The van der Waals surface area contributed by atoms with E-state index in [9.17, 15) is 4.79 Å². The molecule has 110 valence electrons. The molecule has 4 nitrogen and oxygen atoms in total. The molecular formula is C16H19N3OS. The number of carbonyl (C=O) groups excluding carboxylic acids is 1. The number of thiophene rings is 1. The molecular weight excluding hydrogens is 282 g/mol. The van der Waals surface area contributed by atoms with E-state index in [2.05, 4.69) is 21.0 Å². The lowest BCUT2D eigenvalue weighted by molar-refractivity contribution is 0.0683. The lowest BCUT2D eigenvalue weighted by Gasteiger charge is -2.33. The van der Waals surface area contributed by atoms with Gasteiger partial charge >= 0.3 is 0 Å². The third kappa shape index (κ3) is 2.50. The molecule has 0 radical (unpaired) electrons. The highest BCUT2D eigenvalue weighted by molar-refractivity contribution is 7.12. The van der Waals surface area contributed by atoms with Crippen molar-refractivity contribution in [1.29, 1.82) is 0 Å². The van der Waals surface area contributed by atoms with E-state index in [4.69, 9.17) is 0 Å². The quantitative estimate of drug-likeness (QED) is 0.872. The highest BCUT2D eigenvalue weighted by Crippen LogP contribution is 2.43. The van der Waals surface area contributed by atoms with Crippen molar-refractivity contribution in [2.45, 2.75) is 37.6 Å². The maximum atomic E-state index is 12.8.